The molecule has 2 heterocycles. The third-order valence-electron chi connectivity index (χ3n) is 4.31. The number of hydrogen-bond donors (Lipinski definition) is 1. The van der Waals surface area contributed by atoms with E-state index in [1.807, 2.05) is 30.3 Å². The van der Waals surface area contributed by atoms with Crippen molar-refractivity contribution in [3.8, 4) is 0 Å². The van der Waals surface area contributed by atoms with Gasteiger partial charge >= 0.3 is 0 Å². The lowest BCUT2D eigenvalue weighted by Crippen LogP contribution is -2.35. The van der Waals surface area contributed by atoms with Gasteiger partial charge in [0.2, 0.25) is 0 Å². The van der Waals surface area contributed by atoms with Crippen molar-refractivity contribution in [3.63, 3.8) is 0 Å². The Morgan fingerprint density at radius 3 is 2.67 bits per heavy atom. The van der Waals surface area contributed by atoms with Crippen molar-refractivity contribution in [2.45, 2.75) is 26.4 Å². The largest absolute Gasteiger partial charge is 0.350 e. The summed E-state index contributed by atoms with van der Waals surface area (Å²) in [6, 6.07) is 11.7. The van der Waals surface area contributed by atoms with Crippen molar-refractivity contribution < 1.29 is 4.79 Å². The second-order valence-electron chi connectivity index (χ2n) is 6.29. The molecule has 0 saturated heterocycles. The van der Waals surface area contributed by atoms with Crippen LogP contribution >= 0.6 is 11.6 Å². The van der Waals surface area contributed by atoms with E-state index in [4.69, 9.17) is 11.6 Å². The summed E-state index contributed by atoms with van der Waals surface area (Å²) in [6.07, 6.45) is 5.68. The first kappa shape index (κ1) is 18.9. The molecule has 3 rings (SSSR count). The first-order valence-electron chi connectivity index (χ1n) is 8.75. The van der Waals surface area contributed by atoms with E-state index in [-0.39, 0.29) is 17.0 Å². The minimum atomic E-state index is -0.371. The van der Waals surface area contributed by atoms with Crippen LogP contribution < -0.4 is 10.9 Å². The molecule has 0 spiro atoms. The third kappa shape index (κ3) is 4.86. The number of carbonyl (C=O) groups excluding carboxylic acids is 1. The summed E-state index contributed by atoms with van der Waals surface area (Å²) >= 11 is 5.82. The highest BCUT2D eigenvalue weighted by Gasteiger charge is 2.15. The van der Waals surface area contributed by atoms with E-state index in [0.29, 0.717) is 30.2 Å². The van der Waals surface area contributed by atoms with Gasteiger partial charge in [-0.15, -0.1) is 0 Å². The van der Waals surface area contributed by atoms with Crippen molar-refractivity contribution in [1.82, 2.24) is 19.7 Å². The van der Waals surface area contributed by atoms with Crippen LogP contribution in [0.25, 0.3) is 0 Å². The number of aromatic nitrogens is 3. The first-order valence-corrected chi connectivity index (χ1v) is 9.12. The Hall–Kier alpha value is -2.86. The number of aryl methyl sites for hydroxylation is 3. The van der Waals surface area contributed by atoms with E-state index in [1.165, 1.54) is 6.20 Å². The predicted molar refractivity (Wildman–Crippen MR) is 105 cm³/mol. The van der Waals surface area contributed by atoms with E-state index < -0.39 is 0 Å². The fourth-order valence-electron chi connectivity index (χ4n) is 2.84. The quantitative estimate of drug-likeness (QED) is 0.681. The molecule has 0 bridgehead atoms. The van der Waals surface area contributed by atoms with Crippen molar-refractivity contribution >= 4 is 17.5 Å². The van der Waals surface area contributed by atoms with Gasteiger partial charge in [-0.3, -0.25) is 14.3 Å². The van der Waals surface area contributed by atoms with Crippen molar-refractivity contribution in [2.75, 3.05) is 6.54 Å². The molecule has 6 nitrogen and oxygen atoms in total. The molecule has 0 aliphatic heterocycles. The van der Waals surface area contributed by atoms with Crippen molar-refractivity contribution in [1.29, 1.82) is 0 Å². The summed E-state index contributed by atoms with van der Waals surface area (Å²) < 4.78 is 3.22. The minimum absolute atomic E-state index is 0.184. The zero-order valence-corrected chi connectivity index (χ0v) is 15.8. The number of amides is 1. The van der Waals surface area contributed by atoms with Crippen LogP contribution in [0, 0.1) is 6.92 Å². The molecular formula is C20H21ClN4O2. The summed E-state index contributed by atoms with van der Waals surface area (Å²) in [5.41, 5.74) is 1.72. The van der Waals surface area contributed by atoms with Crippen LogP contribution in [-0.4, -0.2) is 26.8 Å². The number of carbonyl (C=O) groups is 1. The highest BCUT2D eigenvalue weighted by Crippen LogP contribution is 2.06. The Morgan fingerprint density at radius 1 is 1.19 bits per heavy atom. The number of halogens is 1. The van der Waals surface area contributed by atoms with Crippen LogP contribution in [0.3, 0.4) is 0 Å². The molecular weight excluding hydrogens is 364 g/mol. The van der Waals surface area contributed by atoms with Gasteiger partial charge in [0.25, 0.3) is 11.5 Å². The average molecular weight is 385 g/mol. The Kier molecular flexibility index (Phi) is 6.08. The second-order valence-corrected chi connectivity index (χ2v) is 6.72. The summed E-state index contributed by atoms with van der Waals surface area (Å²) in [5.74, 6) is -0.371. The first-order chi connectivity index (χ1) is 13.0. The van der Waals surface area contributed by atoms with E-state index in [0.717, 1.165) is 12.0 Å². The number of nitrogens with zero attached hydrogens (tertiary/aromatic N) is 3. The standard InChI is InChI=1S/C20H21ClN4O2/c1-15-7-10-24(11-8-16-5-3-2-4-6-16)20(27)18(15)19(26)22-9-12-25-14-17(21)13-23-25/h2-7,10,13-14H,8-9,11-12H2,1H3,(H,22,26). The molecule has 3 aromatic rings. The maximum absolute atomic E-state index is 12.8. The van der Waals surface area contributed by atoms with Gasteiger partial charge in [-0.25, -0.2) is 0 Å². The molecule has 0 radical (unpaired) electrons. The fraction of sp³-hybridized carbons (Fsp3) is 0.250. The lowest BCUT2D eigenvalue weighted by Gasteiger charge is -2.11. The summed E-state index contributed by atoms with van der Waals surface area (Å²) in [7, 11) is 0. The van der Waals surface area contributed by atoms with Crippen LogP contribution in [0.15, 0.2) is 59.8 Å². The fourth-order valence-corrected chi connectivity index (χ4v) is 3.00. The number of nitrogens with one attached hydrogen (secondary N) is 1. The van der Waals surface area contributed by atoms with Gasteiger partial charge in [0.15, 0.2) is 0 Å². The zero-order chi connectivity index (χ0) is 19.2. The van der Waals surface area contributed by atoms with Crippen LogP contribution in [0.2, 0.25) is 5.02 Å². The van der Waals surface area contributed by atoms with Crippen LogP contribution in [0.4, 0.5) is 0 Å². The SMILES string of the molecule is Cc1ccn(CCc2ccccc2)c(=O)c1C(=O)NCCn1cc(Cl)cn1. The van der Waals surface area contributed by atoms with Crippen molar-refractivity contribution in [3.05, 3.63) is 87.1 Å². The van der Waals surface area contributed by atoms with E-state index in [9.17, 15) is 9.59 Å². The number of benzene rings is 1. The highest BCUT2D eigenvalue weighted by molar-refractivity contribution is 6.30. The van der Waals surface area contributed by atoms with E-state index in [2.05, 4.69) is 10.4 Å². The van der Waals surface area contributed by atoms with Gasteiger partial charge in [-0.05, 0) is 30.5 Å². The smallest absolute Gasteiger partial charge is 0.263 e. The Morgan fingerprint density at radius 2 is 1.96 bits per heavy atom. The van der Waals surface area contributed by atoms with Crippen molar-refractivity contribution in [2.24, 2.45) is 0 Å². The zero-order valence-electron chi connectivity index (χ0n) is 15.1. The van der Waals surface area contributed by atoms with E-state index >= 15 is 0 Å². The van der Waals surface area contributed by atoms with Gasteiger partial charge in [-0.2, -0.15) is 5.10 Å². The molecule has 0 atom stereocenters. The normalized spacial score (nSPS) is 10.7. The maximum atomic E-state index is 12.8. The Labute approximate surface area is 162 Å². The molecule has 0 aliphatic carbocycles. The second kappa shape index (κ2) is 8.68. The lowest BCUT2D eigenvalue weighted by molar-refractivity contribution is 0.0949. The molecule has 1 aromatic carbocycles. The highest BCUT2D eigenvalue weighted by atomic mass is 35.5. The molecule has 0 aliphatic rings. The number of rotatable bonds is 7. The van der Waals surface area contributed by atoms with Crippen LogP contribution in [0.1, 0.15) is 21.5 Å². The monoisotopic (exact) mass is 384 g/mol. The molecule has 1 amide bonds. The molecule has 0 unspecified atom stereocenters. The predicted octanol–water partition coefficient (Wildman–Crippen LogP) is 2.68. The van der Waals surface area contributed by atoms with Gasteiger partial charge < -0.3 is 9.88 Å². The molecule has 7 heteroatoms. The van der Waals surface area contributed by atoms with Gasteiger partial charge in [0.05, 0.1) is 17.8 Å². The molecule has 1 N–H and O–H groups in total. The molecule has 140 valence electrons. The average Bonchev–Trinajstić information content (AvgIpc) is 3.07. The molecule has 0 fully saturated rings. The molecule has 0 saturated carbocycles. The lowest BCUT2D eigenvalue weighted by atomic mass is 10.1. The summed E-state index contributed by atoms with van der Waals surface area (Å²) in [5, 5.41) is 7.38. The minimum Gasteiger partial charge on any atom is -0.350 e. The topological polar surface area (TPSA) is 68.9 Å². The number of pyridine rings is 1. The molecule has 27 heavy (non-hydrogen) atoms. The summed E-state index contributed by atoms with van der Waals surface area (Å²) in [4.78, 5) is 25.3. The van der Waals surface area contributed by atoms with Gasteiger partial charge in [0, 0.05) is 25.5 Å². The Balaban J connectivity index is 1.66. The van der Waals surface area contributed by atoms with E-state index in [1.54, 1.807) is 34.6 Å². The summed E-state index contributed by atoms with van der Waals surface area (Å²) in [6.45, 7) is 3.13. The van der Waals surface area contributed by atoms with Gasteiger partial charge in [-0.1, -0.05) is 41.9 Å². The third-order valence-corrected chi connectivity index (χ3v) is 4.51. The van der Waals surface area contributed by atoms with Crippen LogP contribution in [-0.2, 0) is 19.5 Å². The van der Waals surface area contributed by atoms with Gasteiger partial charge in [0.1, 0.15) is 5.56 Å². The van der Waals surface area contributed by atoms with Crippen LogP contribution in [0.5, 0.6) is 0 Å². The Bertz CT molecular complexity index is 979. The maximum Gasteiger partial charge on any atom is 0.263 e. The molecule has 2 aromatic heterocycles. The number of hydrogen-bond acceptors (Lipinski definition) is 3.